The number of carbonyl (C=O) groups excluding carboxylic acids is 2. The average Bonchev–Trinajstić information content (AvgIpc) is 2.72. The van der Waals surface area contributed by atoms with Crippen molar-refractivity contribution in [2.75, 3.05) is 25.6 Å². The van der Waals surface area contributed by atoms with Crippen molar-refractivity contribution in [3.63, 3.8) is 0 Å². The van der Waals surface area contributed by atoms with Crippen LogP contribution in [0.2, 0.25) is 0 Å². The molecule has 1 amide bonds. The van der Waals surface area contributed by atoms with E-state index in [1.165, 1.54) is 6.08 Å². The molecule has 6 heteroatoms. The summed E-state index contributed by atoms with van der Waals surface area (Å²) >= 11 is 0. The van der Waals surface area contributed by atoms with Crippen LogP contribution >= 0.6 is 0 Å². The molecule has 0 aliphatic carbocycles. The minimum Gasteiger partial charge on any atom is -0.493 e. The lowest BCUT2D eigenvalue weighted by Gasteiger charge is -2.10. The Hall–Kier alpha value is -3.28. The van der Waals surface area contributed by atoms with E-state index < -0.39 is 5.97 Å². The van der Waals surface area contributed by atoms with E-state index in [4.69, 9.17) is 14.2 Å². The number of anilines is 1. The summed E-state index contributed by atoms with van der Waals surface area (Å²) in [7, 11) is 1.56. The van der Waals surface area contributed by atoms with E-state index in [2.05, 4.69) is 5.32 Å². The fourth-order valence-electron chi connectivity index (χ4n) is 2.54. The van der Waals surface area contributed by atoms with Crippen molar-refractivity contribution < 1.29 is 23.8 Å². The highest BCUT2D eigenvalue weighted by molar-refractivity contribution is 5.95. The van der Waals surface area contributed by atoms with E-state index >= 15 is 0 Å². The summed E-state index contributed by atoms with van der Waals surface area (Å²) < 4.78 is 15.9. The van der Waals surface area contributed by atoms with Gasteiger partial charge in [0.25, 0.3) is 5.91 Å². The molecule has 2 rings (SSSR count). The first kappa shape index (κ1) is 22.0. The first-order valence-corrected chi connectivity index (χ1v) is 9.46. The number of aryl methyl sites for hydroxylation is 1. The van der Waals surface area contributed by atoms with Crippen LogP contribution < -0.4 is 14.8 Å². The predicted molar refractivity (Wildman–Crippen MR) is 113 cm³/mol. The Morgan fingerprint density at radius 2 is 1.90 bits per heavy atom. The van der Waals surface area contributed by atoms with Gasteiger partial charge in [-0.15, -0.1) is 0 Å². The van der Waals surface area contributed by atoms with Gasteiger partial charge in [0.1, 0.15) is 0 Å². The second-order valence-electron chi connectivity index (χ2n) is 6.50. The first-order chi connectivity index (χ1) is 13.9. The fraction of sp³-hybridized carbons (Fsp3) is 0.304. The molecule has 6 nitrogen and oxygen atoms in total. The lowest BCUT2D eigenvalue weighted by atomic mass is 10.1. The predicted octanol–water partition coefficient (Wildman–Crippen LogP) is 4.30. The molecule has 0 bridgehead atoms. The summed E-state index contributed by atoms with van der Waals surface area (Å²) in [4.78, 5) is 23.9. The summed E-state index contributed by atoms with van der Waals surface area (Å²) in [6, 6.07) is 11.0. The molecule has 0 spiro atoms. The molecule has 0 aliphatic rings. The van der Waals surface area contributed by atoms with Gasteiger partial charge < -0.3 is 19.5 Å². The van der Waals surface area contributed by atoms with Crippen molar-refractivity contribution in [3.8, 4) is 11.5 Å². The first-order valence-electron chi connectivity index (χ1n) is 9.46. The largest absolute Gasteiger partial charge is 0.493 e. The van der Waals surface area contributed by atoms with Crippen LogP contribution in [0.5, 0.6) is 11.5 Å². The molecule has 29 heavy (non-hydrogen) atoms. The maximum atomic E-state index is 12.0. The summed E-state index contributed by atoms with van der Waals surface area (Å²) in [6.07, 6.45) is 3.76. The van der Waals surface area contributed by atoms with Crippen LogP contribution in [0.4, 0.5) is 5.69 Å². The van der Waals surface area contributed by atoms with Gasteiger partial charge in [0.2, 0.25) is 0 Å². The Morgan fingerprint density at radius 1 is 1.10 bits per heavy atom. The van der Waals surface area contributed by atoms with E-state index in [-0.39, 0.29) is 12.5 Å². The van der Waals surface area contributed by atoms with Gasteiger partial charge in [-0.25, -0.2) is 4.79 Å². The van der Waals surface area contributed by atoms with Crippen LogP contribution in [0.25, 0.3) is 6.08 Å². The van der Waals surface area contributed by atoms with Crippen molar-refractivity contribution in [3.05, 3.63) is 59.2 Å². The molecule has 2 aromatic rings. The highest BCUT2D eigenvalue weighted by atomic mass is 16.5. The SMILES string of the molecule is CCCOc1ccc(/C=C/C(=O)OCC(=O)Nc2cccc(C)c2C)cc1OC. The second kappa shape index (κ2) is 10.9. The highest BCUT2D eigenvalue weighted by Crippen LogP contribution is 2.28. The second-order valence-corrected chi connectivity index (χ2v) is 6.50. The normalized spacial score (nSPS) is 10.6. The van der Waals surface area contributed by atoms with Crippen LogP contribution in [-0.2, 0) is 14.3 Å². The van der Waals surface area contributed by atoms with Crippen LogP contribution in [0.3, 0.4) is 0 Å². The molecule has 0 radical (unpaired) electrons. The molecule has 0 saturated heterocycles. The zero-order chi connectivity index (χ0) is 21.2. The molecule has 0 saturated carbocycles. The Bertz CT molecular complexity index is 889. The number of benzene rings is 2. The van der Waals surface area contributed by atoms with Crippen LogP contribution in [-0.4, -0.2) is 32.2 Å². The molecular formula is C23H27NO5. The lowest BCUT2D eigenvalue weighted by molar-refractivity contribution is -0.142. The van der Waals surface area contributed by atoms with Crippen LogP contribution in [0, 0.1) is 13.8 Å². The molecule has 0 aromatic heterocycles. The van der Waals surface area contributed by atoms with Crippen molar-refractivity contribution in [2.45, 2.75) is 27.2 Å². The lowest BCUT2D eigenvalue weighted by Crippen LogP contribution is -2.20. The van der Waals surface area contributed by atoms with Gasteiger partial charge >= 0.3 is 5.97 Å². The standard InChI is InChI=1S/C23H27NO5/c1-5-13-28-20-11-9-18(14-21(20)27-4)10-12-23(26)29-15-22(25)24-19-8-6-7-16(2)17(19)3/h6-12,14H,5,13,15H2,1-4H3,(H,24,25)/b12-10+. The number of methoxy groups -OCH3 is 1. The number of amides is 1. The van der Waals surface area contributed by atoms with Crippen molar-refractivity contribution in [1.29, 1.82) is 0 Å². The van der Waals surface area contributed by atoms with E-state index in [0.717, 1.165) is 23.1 Å². The van der Waals surface area contributed by atoms with E-state index in [9.17, 15) is 9.59 Å². The zero-order valence-corrected chi connectivity index (χ0v) is 17.3. The summed E-state index contributed by atoms with van der Waals surface area (Å²) in [6.45, 7) is 6.16. The Labute approximate surface area is 171 Å². The third-order valence-corrected chi connectivity index (χ3v) is 4.29. The zero-order valence-electron chi connectivity index (χ0n) is 17.3. The monoisotopic (exact) mass is 397 g/mol. The number of carbonyl (C=O) groups is 2. The molecule has 0 atom stereocenters. The highest BCUT2D eigenvalue weighted by Gasteiger charge is 2.09. The van der Waals surface area contributed by atoms with Crippen LogP contribution in [0.15, 0.2) is 42.5 Å². The van der Waals surface area contributed by atoms with Gasteiger partial charge in [-0.05, 0) is 61.2 Å². The average molecular weight is 397 g/mol. The van der Waals surface area contributed by atoms with Gasteiger partial charge in [0.05, 0.1) is 13.7 Å². The minimum absolute atomic E-state index is 0.357. The summed E-state index contributed by atoms with van der Waals surface area (Å²) in [5.41, 5.74) is 3.51. The smallest absolute Gasteiger partial charge is 0.331 e. The number of nitrogens with one attached hydrogen (secondary N) is 1. The van der Waals surface area contributed by atoms with Gasteiger partial charge in [-0.1, -0.05) is 25.1 Å². The topological polar surface area (TPSA) is 73.9 Å². The van der Waals surface area contributed by atoms with Gasteiger partial charge in [-0.3, -0.25) is 4.79 Å². The number of rotatable bonds is 9. The number of hydrogen-bond acceptors (Lipinski definition) is 5. The fourth-order valence-corrected chi connectivity index (χ4v) is 2.54. The maximum Gasteiger partial charge on any atom is 0.331 e. The number of esters is 1. The van der Waals surface area contributed by atoms with Crippen molar-refractivity contribution in [1.82, 2.24) is 0 Å². The third kappa shape index (κ3) is 6.68. The summed E-state index contributed by atoms with van der Waals surface area (Å²) in [5, 5.41) is 2.75. The Balaban J connectivity index is 1.89. The summed E-state index contributed by atoms with van der Waals surface area (Å²) in [5.74, 6) is 0.241. The van der Waals surface area contributed by atoms with Crippen molar-refractivity contribution in [2.24, 2.45) is 0 Å². The van der Waals surface area contributed by atoms with E-state index in [0.29, 0.717) is 23.8 Å². The molecule has 0 fully saturated rings. The quantitative estimate of drug-likeness (QED) is 0.505. The molecule has 2 aromatic carbocycles. The number of hydrogen-bond donors (Lipinski definition) is 1. The minimum atomic E-state index is -0.605. The maximum absolute atomic E-state index is 12.0. The van der Waals surface area contributed by atoms with Gasteiger partial charge in [0.15, 0.2) is 18.1 Å². The molecule has 1 N–H and O–H groups in total. The molecule has 154 valence electrons. The third-order valence-electron chi connectivity index (χ3n) is 4.29. The Kier molecular flexibility index (Phi) is 8.27. The van der Waals surface area contributed by atoms with Gasteiger partial charge in [0, 0.05) is 11.8 Å². The molecular weight excluding hydrogens is 370 g/mol. The van der Waals surface area contributed by atoms with E-state index in [1.807, 2.05) is 45.0 Å². The number of ether oxygens (including phenoxy) is 3. The Morgan fingerprint density at radius 3 is 2.62 bits per heavy atom. The van der Waals surface area contributed by atoms with Gasteiger partial charge in [-0.2, -0.15) is 0 Å². The van der Waals surface area contributed by atoms with E-state index in [1.54, 1.807) is 25.3 Å². The molecule has 0 heterocycles. The van der Waals surface area contributed by atoms with Crippen LogP contribution in [0.1, 0.15) is 30.0 Å². The molecule has 0 aliphatic heterocycles. The van der Waals surface area contributed by atoms with Crippen molar-refractivity contribution >= 4 is 23.6 Å². The molecule has 0 unspecified atom stereocenters.